The van der Waals surface area contributed by atoms with Gasteiger partial charge in [-0.15, -0.1) is 0 Å². The Morgan fingerprint density at radius 1 is 1.22 bits per heavy atom. The van der Waals surface area contributed by atoms with E-state index < -0.39 is 0 Å². The van der Waals surface area contributed by atoms with Crippen LogP contribution in [0.1, 0.15) is 20.3 Å². The minimum atomic E-state index is -0.192. The number of anilines is 2. The van der Waals surface area contributed by atoms with Gasteiger partial charge in [0.25, 0.3) is 0 Å². The largest absolute Gasteiger partial charge is 0.469 e. The van der Waals surface area contributed by atoms with E-state index in [0.29, 0.717) is 13.0 Å². The molecule has 4 nitrogen and oxygen atoms in total. The standard InChI is InChI=1S/C14H22N2O2/c1-4-16(5-2)13-8-6-12(7-9-13)15-11-10-14(17)18-3/h6-9,15H,4-5,10-11H2,1-3H3. The zero-order valence-corrected chi connectivity index (χ0v) is 11.4. The van der Waals surface area contributed by atoms with Crippen molar-refractivity contribution in [1.29, 1.82) is 0 Å². The van der Waals surface area contributed by atoms with E-state index in [0.717, 1.165) is 18.8 Å². The van der Waals surface area contributed by atoms with Gasteiger partial charge in [-0.2, -0.15) is 0 Å². The summed E-state index contributed by atoms with van der Waals surface area (Å²) in [6.45, 7) is 6.90. The second-order valence-electron chi connectivity index (χ2n) is 3.97. The van der Waals surface area contributed by atoms with E-state index in [1.165, 1.54) is 12.8 Å². The normalized spacial score (nSPS) is 9.94. The maximum Gasteiger partial charge on any atom is 0.307 e. The highest BCUT2D eigenvalue weighted by atomic mass is 16.5. The van der Waals surface area contributed by atoms with Gasteiger partial charge in [0.1, 0.15) is 0 Å². The van der Waals surface area contributed by atoms with E-state index in [9.17, 15) is 4.79 Å². The molecule has 1 N–H and O–H groups in total. The van der Waals surface area contributed by atoms with Crippen molar-refractivity contribution in [3.63, 3.8) is 0 Å². The van der Waals surface area contributed by atoms with Gasteiger partial charge in [0, 0.05) is 31.0 Å². The van der Waals surface area contributed by atoms with E-state index in [1.54, 1.807) is 0 Å². The number of rotatable bonds is 7. The Labute approximate surface area is 109 Å². The number of benzene rings is 1. The summed E-state index contributed by atoms with van der Waals surface area (Å²) >= 11 is 0. The van der Waals surface area contributed by atoms with Crippen molar-refractivity contribution in [3.05, 3.63) is 24.3 Å². The minimum Gasteiger partial charge on any atom is -0.469 e. The van der Waals surface area contributed by atoms with Crippen LogP contribution < -0.4 is 10.2 Å². The van der Waals surface area contributed by atoms with Crippen LogP contribution >= 0.6 is 0 Å². The van der Waals surface area contributed by atoms with Gasteiger partial charge >= 0.3 is 5.97 Å². The van der Waals surface area contributed by atoms with Crippen LogP contribution in [0.3, 0.4) is 0 Å². The van der Waals surface area contributed by atoms with Crippen LogP contribution in [0, 0.1) is 0 Å². The highest BCUT2D eigenvalue weighted by Crippen LogP contribution is 2.17. The molecule has 1 aromatic rings. The van der Waals surface area contributed by atoms with Crippen LogP contribution in [-0.4, -0.2) is 32.7 Å². The Hall–Kier alpha value is -1.71. The third kappa shape index (κ3) is 4.28. The molecule has 0 unspecified atom stereocenters. The number of nitrogens with zero attached hydrogens (tertiary/aromatic N) is 1. The van der Waals surface area contributed by atoms with Gasteiger partial charge in [-0.05, 0) is 38.1 Å². The quantitative estimate of drug-likeness (QED) is 0.755. The Bertz CT molecular complexity index is 359. The molecule has 0 aliphatic rings. The van der Waals surface area contributed by atoms with Gasteiger partial charge in [-0.3, -0.25) is 4.79 Å². The maximum absolute atomic E-state index is 11.0. The second kappa shape index (κ2) is 7.58. The molecule has 1 rings (SSSR count). The van der Waals surface area contributed by atoms with Crippen LogP contribution in [-0.2, 0) is 9.53 Å². The first-order chi connectivity index (χ1) is 8.71. The molecule has 0 saturated carbocycles. The highest BCUT2D eigenvalue weighted by molar-refractivity contribution is 5.70. The van der Waals surface area contributed by atoms with Gasteiger partial charge in [-0.1, -0.05) is 0 Å². The lowest BCUT2D eigenvalue weighted by Gasteiger charge is -2.21. The van der Waals surface area contributed by atoms with Crippen molar-refractivity contribution in [3.8, 4) is 0 Å². The molecule has 0 heterocycles. The topological polar surface area (TPSA) is 41.6 Å². The summed E-state index contributed by atoms with van der Waals surface area (Å²) in [6.07, 6.45) is 0.383. The Balaban J connectivity index is 2.47. The molecule has 0 fully saturated rings. The van der Waals surface area contributed by atoms with Crippen LogP contribution in [0.2, 0.25) is 0 Å². The molecule has 0 spiro atoms. The van der Waals surface area contributed by atoms with Crippen molar-refractivity contribution >= 4 is 17.3 Å². The molecule has 4 heteroatoms. The van der Waals surface area contributed by atoms with Crippen molar-refractivity contribution in [2.24, 2.45) is 0 Å². The predicted octanol–water partition coefficient (Wildman–Crippen LogP) is 2.51. The third-order valence-corrected chi connectivity index (χ3v) is 2.88. The number of ether oxygens (including phenoxy) is 1. The first kappa shape index (κ1) is 14.4. The average Bonchev–Trinajstić information content (AvgIpc) is 2.41. The second-order valence-corrected chi connectivity index (χ2v) is 3.97. The van der Waals surface area contributed by atoms with Gasteiger partial charge in [0.2, 0.25) is 0 Å². The summed E-state index contributed by atoms with van der Waals surface area (Å²) in [7, 11) is 1.40. The average molecular weight is 250 g/mol. The molecular weight excluding hydrogens is 228 g/mol. The number of methoxy groups -OCH3 is 1. The fourth-order valence-electron chi connectivity index (χ4n) is 1.79. The highest BCUT2D eigenvalue weighted by Gasteiger charge is 2.02. The molecule has 0 atom stereocenters. The minimum absolute atomic E-state index is 0.192. The summed E-state index contributed by atoms with van der Waals surface area (Å²) in [4.78, 5) is 13.2. The molecule has 0 aliphatic heterocycles. The fourth-order valence-corrected chi connectivity index (χ4v) is 1.79. The van der Waals surface area contributed by atoms with E-state index in [1.807, 2.05) is 12.1 Å². The van der Waals surface area contributed by atoms with E-state index in [-0.39, 0.29) is 5.97 Å². The zero-order chi connectivity index (χ0) is 13.4. The van der Waals surface area contributed by atoms with Crippen LogP contribution in [0.15, 0.2) is 24.3 Å². The van der Waals surface area contributed by atoms with Crippen molar-refractivity contribution < 1.29 is 9.53 Å². The molecule has 0 aromatic heterocycles. The smallest absolute Gasteiger partial charge is 0.307 e. The van der Waals surface area contributed by atoms with Crippen molar-refractivity contribution in [1.82, 2.24) is 0 Å². The van der Waals surface area contributed by atoms with E-state index in [2.05, 4.69) is 40.9 Å². The monoisotopic (exact) mass is 250 g/mol. The lowest BCUT2D eigenvalue weighted by Crippen LogP contribution is -2.21. The molecule has 0 amide bonds. The molecule has 1 aromatic carbocycles. The van der Waals surface area contributed by atoms with E-state index >= 15 is 0 Å². The van der Waals surface area contributed by atoms with Gasteiger partial charge in [0.15, 0.2) is 0 Å². The summed E-state index contributed by atoms with van der Waals surface area (Å²) in [5.74, 6) is -0.192. The summed E-state index contributed by atoms with van der Waals surface area (Å²) < 4.78 is 4.58. The molecule has 0 radical (unpaired) electrons. The van der Waals surface area contributed by atoms with Gasteiger partial charge < -0.3 is 15.0 Å². The lowest BCUT2D eigenvalue weighted by molar-refractivity contribution is -0.140. The number of hydrogen-bond donors (Lipinski definition) is 1. The van der Waals surface area contributed by atoms with Crippen LogP contribution in [0.5, 0.6) is 0 Å². The number of esters is 1. The summed E-state index contributed by atoms with van der Waals surface area (Å²) in [5, 5.41) is 3.19. The van der Waals surface area contributed by atoms with Gasteiger partial charge in [0.05, 0.1) is 13.5 Å². The maximum atomic E-state index is 11.0. The number of carbonyl (C=O) groups is 1. The van der Waals surface area contributed by atoms with Crippen LogP contribution in [0.25, 0.3) is 0 Å². The van der Waals surface area contributed by atoms with Crippen molar-refractivity contribution in [2.45, 2.75) is 20.3 Å². The SMILES string of the molecule is CCN(CC)c1ccc(NCCC(=O)OC)cc1. The molecule has 0 saturated heterocycles. The number of hydrogen-bond acceptors (Lipinski definition) is 4. The molecule has 18 heavy (non-hydrogen) atoms. The van der Waals surface area contributed by atoms with Crippen molar-refractivity contribution in [2.75, 3.05) is 37.0 Å². The summed E-state index contributed by atoms with van der Waals surface area (Å²) in [5.41, 5.74) is 2.24. The Kier molecular flexibility index (Phi) is 6.05. The first-order valence-corrected chi connectivity index (χ1v) is 6.37. The predicted molar refractivity (Wildman–Crippen MR) is 75.1 cm³/mol. The number of nitrogens with one attached hydrogen (secondary N) is 1. The zero-order valence-electron chi connectivity index (χ0n) is 11.4. The molecule has 100 valence electrons. The van der Waals surface area contributed by atoms with E-state index in [4.69, 9.17) is 0 Å². The molecule has 0 bridgehead atoms. The van der Waals surface area contributed by atoms with Gasteiger partial charge in [-0.25, -0.2) is 0 Å². The molecule has 0 aliphatic carbocycles. The summed E-state index contributed by atoms with van der Waals surface area (Å²) in [6, 6.07) is 8.25. The third-order valence-electron chi connectivity index (χ3n) is 2.88. The Morgan fingerprint density at radius 2 is 1.83 bits per heavy atom. The number of carbonyl (C=O) groups excluding carboxylic acids is 1. The Morgan fingerprint density at radius 3 is 2.33 bits per heavy atom. The van der Waals surface area contributed by atoms with Crippen LogP contribution in [0.4, 0.5) is 11.4 Å². The fraction of sp³-hybridized carbons (Fsp3) is 0.500. The molecular formula is C14H22N2O2. The first-order valence-electron chi connectivity index (χ1n) is 6.37. The lowest BCUT2D eigenvalue weighted by atomic mass is 10.2.